The fourth-order valence-electron chi connectivity index (χ4n) is 5.49. The molecule has 0 spiro atoms. The molecule has 6 nitrogen and oxygen atoms in total. The van der Waals surface area contributed by atoms with Crippen molar-refractivity contribution in [2.24, 2.45) is 0 Å². The van der Waals surface area contributed by atoms with E-state index in [1.807, 2.05) is 30.3 Å². The normalized spacial score (nSPS) is 13.9. The predicted octanol–water partition coefficient (Wildman–Crippen LogP) is 8.09. The Morgan fingerprint density at radius 1 is 1.02 bits per heavy atom. The van der Waals surface area contributed by atoms with Gasteiger partial charge in [-0.05, 0) is 68.3 Å². The Kier molecular flexibility index (Phi) is 10.1. The number of amides is 2. The lowest BCUT2D eigenvalue weighted by Gasteiger charge is -2.34. The van der Waals surface area contributed by atoms with E-state index in [2.05, 4.69) is 49.3 Å². The number of halogens is 3. The summed E-state index contributed by atoms with van der Waals surface area (Å²) in [5, 5.41) is 7.62. The highest BCUT2D eigenvalue weighted by Gasteiger charge is 2.31. The van der Waals surface area contributed by atoms with Crippen molar-refractivity contribution < 1.29 is 9.59 Å². The van der Waals surface area contributed by atoms with Crippen molar-refractivity contribution in [1.82, 2.24) is 15.5 Å². The molecule has 2 N–H and O–H groups in total. The van der Waals surface area contributed by atoms with E-state index in [1.165, 1.54) is 17.0 Å². The van der Waals surface area contributed by atoms with Crippen LogP contribution >= 0.6 is 34.8 Å². The highest BCUT2D eigenvalue weighted by molar-refractivity contribution is 6.41. The molecule has 1 atom stereocenters. The first-order valence-electron chi connectivity index (χ1n) is 13.6. The number of anilines is 2. The zero-order chi connectivity index (χ0) is 29.0. The third-order valence-corrected chi connectivity index (χ3v) is 8.29. The van der Waals surface area contributed by atoms with Crippen LogP contribution in [0.5, 0.6) is 0 Å². The van der Waals surface area contributed by atoms with Crippen molar-refractivity contribution >= 4 is 58.5 Å². The molecule has 2 amide bonds. The number of benzene rings is 3. The molecule has 1 heterocycles. The molecule has 3 aromatic carbocycles. The smallest absolute Gasteiger partial charge is 0.326 e. The van der Waals surface area contributed by atoms with E-state index in [0.29, 0.717) is 53.4 Å². The third-order valence-electron chi connectivity index (χ3n) is 7.39. The van der Waals surface area contributed by atoms with Crippen LogP contribution in [0.25, 0.3) is 11.1 Å². The number of rotatable bonds is 11. The monoisotopic (exact) mass is 600 g/mol. The van der Waals surface area contributed by atoms with Crippen LogP contribution in [0.2, 0.25) is 15.1 Å². The van der Waals surface area contributed by atoms with E-state index < -0.39 is 0 Å². The van der Waals surface area contributed by atoms with Crippen LogP contribution in [0.4, 0.5) is 16.2 Å². The minimum atomic E-state index is -0.355. The minimum absolute atomic E-state index is 0.208. The fraction of sp³-hybridized carbons (Fsp3) is 0.355. The summed E-state index contributed by atoms with van der Waals surface area (Å²) in [5.41, 5.74) is 5.01. The van der Waals surface area contributed by atoms with Crippen molar-refractivity contribution in [3.8, 4) is 11.1 Å². The number of carbonyl (C=O) groups excluding carboxylic acids is 2. The molecule has 0 radical (unpaired) electrons. The first-order chi connectivity index (χ1) is 19.2. The zero-order valence-corrected chi connectivity index (χ0v) is 25.5. The summed E-state index contributed by atoms with van der Waals surface area (Å²) < 4.78 is 0. The number of likely N-dealkylation sites (N-methyl/N-ethyl adjacent to an activating group) is 1. The van der Waals surface area contributed by atoms with Gasteiger partial charge in [0.1, 0.15) is 6.29 Å². The Morgan fingerprint density at radius 2 is 1.73 bits per heavy atom. The Morgan fingerprint density at radius 3 is 2.33 bits per heavy atom. The van der Waals surface area contributed by atoms with E-state index in [0.717, 1.165) is 41.8 Å². The molecule has 1 aliphatic heterocycles. The van der Waals surface area contributed by atoms with Crippen molar-refractivity contribution in [3.63, 3.8) is 0 Å². The molecular formula is C31H35Cl3N4O2. The lowest BCUT2D eigenvalue weighted by atomic mass is 9.93. The molecule has 0 saturated carbocycles. The second-order valence-electron chi connectivity index (χ2n) is 10.2. The van der Waals surface area contributed by atoms with Gasteiger partial charge < -0.3 is 10.6 Å². The average molecular weight is 602 g/mol. The maximum Gasteiger partial charge on any atom is 0.326 e. The van der Waals surface area contributed by atoms with E-state index in [1.54, 1.807) is 0 Å². The average Bonchev–Trinajstić information content (AvgIpc) is 2.93. The first-order valence-corrected chi connectivity index (χ1v) is 14.7. The maximum atomic E-state index is 13.3. The minimum Gasteiger partial charge on any atom is -0.333 e. The van der Waals surface area contributed by atoms with Gasteiger partial charge in [0.25, 0.3) is 0 Å². The van der Waals surface area contributed by atoms with Gasteiger partial charge in [-0.3, -0.25) is 14.6 Å². The highest BCUT2D eigenvalue weighted by Crippen LogP contribution is 2.45. The van der Waals surface area contributed by atoms with Gasteiger partial charge >= 0.3 is 6.03 Å². The van der Waals surface area contributed by atoms with Gasteiger partial charge in [0, 0.05) is 53.4 Å². The number of urea groups is 1. The van der Waals surface area contributed by atoms with Gasteiger partial charge in [-0.15, -0.1) is 0 Å². The molecule has 0 aromatic heterocycles. The quantitative estimate of drug-likeness (QED) is 0.218. The molecule has 4 rings (SSSR count). The van der Waals surface area contributed by atoms with Crippen LogP contribution in [-0.2, 0) is 13.1 Å². The zero-order valence-electron chi connectivity index (χ0n) is 23.2. The van der Waals surface area contributed by atoms with Crippen molar-refractivity contribution in [1.29, 1.82) is 0 Å². The molecule has 0 fully saturated rings. The van der Waals surface area contributed by atoms with Gasteiger partial charge in [-0.25, -0.2) is 4.79 Å². The summed E-state index contributed by atoms with van der Waals surface area (Å²) in [6.07, 6.45) is 1.71. The summed E-state index contributed by atoms with van der Waals surface area (Å²) >= 11 is 19.9. The van der Waals surface area contributed by atoms with Crippen molar-refractivity contribution in [2.45, 2.75) is 59.3 Å². The van der Waals surface area contributed by atoms with Crippen LogP contribution in [0.1, 0.15) is 55.6 Å². The lowest BCUT2D eigenvalue weighted by Crippen LogP contribution is -2.45. The molecule has 3 aromatic rings. The second-order valence-corrected chi connectivity index (χ2v) is 11.4. The first kappa shape index (κ1) is 30.4. The maximum absolute atomic E-state index is 13.3. The molecule has 1 aliphatic rings. The number of fused-ring (bicyclic) bond motifs is 1. The van der Waals surface area contributed by atoms with Gasteiger partial charge in [0.15, 0.2) is 0 Å². The van der Waals surface area contributed by atoms with Gasteiger partial charge in [0.05, 0.1) is 21.4 Å². The number of nitrogens with zero attached hydrogens (tertiary/aromatic N) is 2. The van der Waals surface area contributed by atoms with Crippen LogP contribution in [0, 0.1) is 0 Å². The fourth-order valence-corrected chi connectivity index (χ4v) is 6.40. The van der Waals surface area contributed by atoms with E-state index in [4.69, 9.17) is 34.8 Å². The van der Waals surface area contributed by atoms with Gasteiger partial charge in [0.2, 0.25) is 0 Å². The van der Waals surface area contributed by atoms with E-state index >= 15 is 0 Å². The summed E-state index contributed by atoms with van der Waals surface area (Å²) in [7, 11) is 0. The molecule has 1 unspecified atom stereocenters. The molecule has 40 heavy (non-hydrogen) atoms. The largest absolute Gasteiger partial charge is 0.333 e. The SMILES string of the molecule is CCC(CNCc1cc(-c2ccccc2Cl)c2c(c1)N(c1c(Cl)cc(C=O)cc1Cl)C(=O)NC2)N(CC)C(C)C. The molecule has 9 heteroatoms. The van der Waals surface area contributed by atoms with Gasteiger partial charge in [-0.1, -0.05) is 66.8 Å². The Balaban J connectivity index is 1.80. The molecule has 0 saturated heterocycles. The topological polar surface area (TPSA) is 64.7 Å². The Hall–Kier alpha value is -2.61. The molecule has 0 bridgehead atoms. The standard InChI is InChI=1S/C31H35Cl3N4O2/c1-5-22(37(6-2)19(3)4)16-35-15-20-11-24(23-9-7-8-10-26(23)32)25-17-36-31(40)38(29(25)14-20)30-27(33)12-21(18-39)13-28(30)34/h7-14,18-19,22,35H,5-6,15-17H2,1-4H3,(H,36,40). The third kappa shape index (κ3) is 6.32. The highest BCUT2D eigenvalue weighted by atomic mass is 35.5. The van der Waals surface area contributed by atoms with Gasteiger partial charge in [-0.2, -0.15) is 0 Å². The second kappa shape index (κ2) is 13.4. The number of carbonyl (C=O) groups is 2. The van der Waals surface area contributed by atoms with Crippen molar-refractivity contribution in [2.75, 3.05) is 18.0 Å². The molecular weight excluding hydrogens is 567 g/mol. The number of aldehydes is 1. The van der Waals surface area contributed by atoms with E-state index in [-0.39, 0.29) is 16.1 Å². The number of hydrogen-bond acceptors (Lipinski definition) is 4. The molecule has 212 valence electrons. The van der Waals surface area contributed by atoms with Crippen LogP contribution in [0.3, 0.4) is 0 Å². The Labute approximate surface area is 251 Å². The van der Waals surface area contributed by atoms with Crippen LogP contribution in [0.15, 0.2) is 48.5 Å². The Bertz CT molecular complexity index is 1370. The summed E-state index contributed by atoms with van der Waals surface area (Å²) in [6.45, 7) is 11.6. The number of hydrogen-bond donors (Lipinski definition) is 2. The number of nitrogens with one attached hydrogen (secondary N) is 2. The van der Waals surface area contributed by atoms with Crippen LogP contribution < -0.4 is 15.5 Å². The summed E-state index contributed by atoms with van der Waals surface area (Å²) in [6, 6.07) is 15.3. The predicted molar refractivity (Wildman–Crippen MR) is 166 cm³/mol. The molecule has 0 aliphatic carbocycles. The summed E-state index contributed by atoms with van der Waals surface area (Å²) in [5.74, 6) is 0. The van der Waals surface area contributed by atoms with Crippen molar-refractivity contribution in [3.05, 3.63) is 80.3 Å². The lowest BCUT2D eigenvalue weighted by molar-refractivity contribution is 0.112. The van der Waals surface area contributed by atoms with E-state index in [9.17, 15) is 9.59 Å². The summed E-state index contributed by atoms with van der Waals surface area (Å²) in [4.78, 5) is 28.7. The van der Waals surface area contributed by atoms with Crippen LogP contribution in [-0.4, -0.2) is 42.4 Å².